The first-order valence-corrected chi connectivity index (χ1v) is 7.83. The lowest BCUT2D eigenvalue weighted by Crippen LogP contribution is -2.21. The van der Waals surface area contributed by atoms with E-state index in [-0.39, 0.29) is 12.0 Å². The van der Waals surface area contributed by atoms with Crippen molar-refractivity contribution < 1.29 is 14.3 Å². The average molecular weight is 290 g/mol. The van der Waals surface area contributed by atoms with Gasteiger partial charge in [0.05, 0.1) is 6.10 Å². The van der Waals surface area contributed by atoms with Crippen LogP contribution in [0.15, 0.2) is 60.7 Å². The molecule has 1 unspecified atom stereocenters. The van der Waals surface area contributed by atoms with Gasteiger partial charge in [-0.15, -0.1) is 0 Å². The molecular weight excluding hydrogens is 271 g/mol. The number of benzene rings is 2. The van der Waals surface area contributed by atoms with E-state index in [4.69, 9.17) is 4.52 Å². The maximum atomic E-state index is 9.19. The van der Waals surface area contributed by atoms with Crippen molar-refractivity contribution in [2.45, 2.75) is 25.4 Å². The minimum Gasteiger partial charge on any atom is -0.328 e. The maximum Gasteiger partial charge on any atom is 0.327 e. The van der Waals surface area contributed by atoms with Crippen LogP contribution in [0.25, 0.3) is 0 Å². The second-order valence-electron chi connectivity index (χ2n) is 4.60. The molecular formula is C16H19O3P. The van der Waals surface area contributed by atoms with Crippen LogP contribution in [0.1, 0.15) is 30.4 Å². The molecule has 2 aromatic carbocycles. The lowest BCUT2D eigenvalue weighted by Gasteiger charge is -2.27. The van der Waals surface area contributed by atoms with Crippen LogP contribution in [-0.4, -0.2) is 15.9 Å². The first-order chi connectivity index (χ1) is 9.72. The smallest absolute Gasteiger partial charge is 0.327 e. The zero-order chi connectivity index (χ0) is 14.4. The van der Waals surface area contributed by atoms with E-state index in [0.29, 0.717) is 6.42 Å². The molecule has 3 nitrogen and oxygen atoms in total. The summed E-state index contributed by atoms with van der Waals surface area (Å²) in [4.78, 5) is 18.4. The molecule has 0 bridgehead atoms. The van der Waals surface area contributed by atoms with Crippen molar-refractivity contribution in [2.24, 2.45) is 0 Å². The summed E-state index contributed by atoms with van der Waals surface area (Å²) in [5.41, 5.74) is 2.23. The topological polar surface area (TPSA) is 49.7 Å². The Hall–Kier alpha value is -1.25. The minimum atomic E-state index is -2.36. The summed E-state index contributed by atoms with van der Waals surface area (Å²) in [5, 5.41) is 0. The van der Waals surface area contributed by atoms with Gasteiger partial charge in [-0.25, -0.2) is 0 Å². The third-order valence-electron chi connectivity index (χ3n) is 3.32. The fourth-order valence-electron chi connectivity index (χ4n) is 2.43. The molecule has 0 aromatic heterocycles. The van der Waals surface area contributed by atoms with Crippen LogP contribution >= 0.6 is 8.60 Å². The number of rotatable bonds is 6. The van der Waals surface area contributed by atoms with Crippen LogP contribution in [-0.2, 0) is 4.52 Å². The monoisotopic (exact) mass is 290 g/mol. The van der Waals surface area contributed by atoms with Crippen molar-refractivity contribution in [3.05, 3.63) is 71.8 Å². The number of hydrogen-bond donors (Lipinski definition) is 2. The molecule has 106 valence electrons. The third kappa shape index (κ3) is 3.87. The molecule has 0 saturated heterocycles. The van der Waals surface area contributed by atoms with Gasteiger partial charge in [-0.2, -0.15) is 0 Å². The van der Waals surface area contributed by atoms with Gasteiger partial charge >= 0.3 is 8.60 Å². The number of hydrogen-bond acceptors (Lipinski definition) is 3. The lowest BCUT2D eigenvalue weighted by molar-refractivity contribution is 0.152. The Balaban J connectivity index is 2.38. The van der Waals surface area contributed by atoms with Gasteiger partial charge in [-0.1, -0.05) is 67.6 Å². The zero-order valence-electron chi connectivity index (χ0n) is 11.4. The maximum absolute atomic E-state index is 9.19. The van der Waals surface area contributed by atoms with Crippen molar-refractivity contribution in [3.8, 4) is 0 Å². The lowest BCUT2D eigenvalue weighted by atomic mass is 9.85. The molecule has 0 aliphatic rings. The SMILES string of the molecule is CCC(OP(O)O)C(c1ccccc1)c1ccccc1. The van der Waals surface area contributed by atoms with Crippen molar-refractivity contribution in [3.63, 3.8) is 0 Å². The van der Waals surface area contributed by atoms with Crippen LogP contribution in [0.4, 0.5) is 0 Å². The van der Waals surface area contributed by atoms with Gasteiger partial charge in [-0.3, -0.25) is 0 Å². The Bertz CT molecular complexity index is 462. The van der Waals surface area contributed by atoms with E-state index < -0.39 is 8.60 Å². The molecule has 0 aliphatic heterocycles. The molecule has 20 heavy (non-hydrogen) atoms. The Morgan fingerprint density at radius 2 is 1.35 bits per heavy atom. The van der Waals surface area contributed by atoms with E-state index in [9.17, 15) is 9.79 Å². The average Bonchev–Trinajstić information content (AvgIpc) is 2.48. The molecule has 2 N–H and O–H groups in total. The van der Waals surface area contributed by atoms with Gasteiger partial charge in [0.25, 0.3) is 0 Å². The standard InChI is InChI=1S/C16H19O3P/c1-2-15(19-20(17)18)16(13-9-5-3-6-10-13)14-11-7-4-8-12-14/h3-12,15-18H,2H2,1H3. The molecule has 0 radical (unpaired) electrons. The molecule has 0 spiro atoms. The van der Waals surface area contributed by atoms with Crippen LogP contribution in [0, 0.1) is 0 Å². The van der Waals surface area contributed by atoms with E-state index in [0.717, 1.165) is 11.1 Å². The minimum absolute atomic E-state index is 0.00769. The summed E-state index contributed by atoms with van der Waals surface area (Å²) in [6, 6.07) is 20.0. The second-order valence-corrected chi connectivity index (χ2v) is 5.32. The Labute approximate surface area is 120 Å². The van der Waals surface area contributed by atoms with Gasteiger partial charge in [0.15, 0.2) is 0 Å². The largest absolute Gasteiger partial charge is 0.328 e. The van der Waals surface area contributed by atoms with E-state index in [1.54, 1.807) is 0 Å². The van der Waals surface area contributed by atoms with Gasteiger partial charge in [0.1, 0.15) is 0 Å². The second kappa shape index (κ2) is 7.51. The summed E-state index contributed by atoms with van der Waals surface area (Å²) < 4.78 is 5.35. The van der Waals surface area contributed by atoms with E-state index >= 15 is 0 Å². The van der Waals surface area contributed by atoms with Gasteiger partial charge in [0, 0.05) is 5.92 Å². The predicted molar refractivity (Wildman–Crippen MR) is 81.2 cm³/mol. The highest BCUT2D eigenvalue weighted by Gasteiger charge is 2.26. The molecule has 0 aliphatic carbocycles. The highest BCUT2D eigenvalue weighted by atomic mass is 31.2. The molecule has 2 rings (SSSR count). The predicted octanol–water partition coefficient (Wildman–Crippen LogP) is 3.83. The van der Waals surface area contributed by atoms with Crippen LogP contribution in [0.3, 0.4) is 0 Å². The van der Waals surface area contributed by atoms with Crippen LogP contribution in [0.2, 0.25) is 0 Å². The molecule has 0 saturated carbocycles. The van der Waals surface area contributed by atoms with Crippen molar-refractivity contribution in [2.75, 3.05) is 0 Å². The Morgan fingerprint density at radius 1 is 0.900 bits per heavy atom. The fourth-order valence-corrected chi connectivity index (χ4v) is 2.95. The first kappa shape index (κ1) is 15.1. The highest BCUT2D eigenvalue weighted by molar-refractivity contribution is 7.39. The Kier molecular flexibility index (Phi) is 5.69. The molecule has 0 amide bonds. The van der Waals surface area contributed by atoms with Gasteiger partial charge in [0.2, 0.25) is 0 Å². The summed E-state index contributed by atoms with van der Waals surface area (Å²) in [5.74, 6) is -0.00769. The fraction of sp³-hybridized carbons (Fsp3) is 0.250. The normalized spacial score (nSPS) is 12.8. The van der Waals surface area contributed by atoms with Crippen molar-refractivity contribution >= 4 is 8.60 Å². The highest BCUT2D eigenvalue weighted by Crippen LogP contribution is 2.38. The molecule has 4 heteroatoms. The molecule has 1 atom stereocenters. The zero-order valence-corrected chi connectivity index (χ0v) is 12.3. The van der Waals surface area contributed by atoms with Crippen LogP contribution < -0.4 is 0 Å². The van der Waals surface area contributed by atoms with E-state index in [1.807, 2.05) is 67.6 Å². The summed E-state index contributed by atoms with van der Waals surface area (Å²) in [7, 11) is -2.36. The first-order valence-electron chi connectivity index (χ1n) is 6.67. The van der Waals surface area contributed by atoms with Crippen molar-refractivity contribution in [1.82, 2.24) is 0 Å². The van der Waals surface area contributed by atoms with Gasteiger partial charge in [-0.05, 0) is 17.5 Å². The Morgan fingerprint density at radius 3 is 1.70 bits per heavy atom. The molecule has 2 aromatic rings. The van der Waals surface area contributed by atoms with E-state index in [1.165, 1.54) is 0 Å². The van der Waals surface area contributed by atoms with E-state index in [2.05, 4.69) is 0 Å². The summed E-state index contributed by atoms with van der Waals surface area (Å²) in [6.45, 7) is 1.99. The summed E-state index contributed by atoms with van der Waals surface area (Å²) >= 11 is 0. The third-order valence-corrected chi connectivity index (χ3v) is 3.78. The van der Waals surface area contributed by atoms with Crippen molar-refractivity contribution in [1.29, 1.82) is 0 Å². The quantitative estimate of drug-likeness (QED) is 0.795. The van der Waals surface area contributed by atoms with Gasteiger partial charge < -0.3 is 14.3 Å². The molecule has 0 fully saturated rings. The summed E-state index contributed by atoms with van der Waals surface area (Å²) in [6.07, 6.45) is 0.440. The molecule has 0 heterocycles. The van der Waals surface area contributed by atoms with Crippen LogP contribution in [0.5, 0.6) is 0 Å².